The number of rotatable bonds is 6. The van der Waals surface area contributed by atoms with Crippen LogP contribution in [0.5, 0.6) is 0 Å². The summed E-state index contributed by atoms with van der Waals surface area (Å²) >= 11 is 1.73. The van der Waals surface area contributed by atoms with Crippen LogP contribution in [0.1, 0.15) is 6.92 Å². The van der Waals surface area contributed by atoms with E-state index in [0.29, 0.717) is 6.54 Å². The highest BCUT2D eigenvalue weighted by atomic mass is 32.2. The molecule has 0 saturated carbocycles. The fraction of sp³-hybridized carbons (Fsp3) is 0.700. The highest BCUT2D eigenvalue weighted by Gasteiger charge is 2.19. The van der Waals surface area contributed by atoms with Crippen molar-refractivity contribution in [3.8, 4) is 0 Å². The van der Waals surface area contributed by atoms with E-state index in [1.165, 1.54) is 0 Å². The van der Waals surface area contributed by atoms with Crippen molar-refractivity contribution < 1.29 is 4.79 Å². The minimum Gasteiger partial charge on any atom is -0.352 e. The minimum absolute atomic E-state index is 0.0514. The van der Waals surface area contributed by atoms with Gasteiger partial charge in [0.2, 0.25) is 5.91 Å². The summed E-state index contributed by atoms with van der Waals surface area (Å²) in [6, 6.07) is 0. The summed E-state index contributed by atoms with van der Waals surface area (Å²) in [5.41, 5.74) is 0. The van der Waals surface area contributed by atoms with E-state index in [-0.39, 0.29) is 11.2 Å². The normalized spacial score (nSPS) is 18.4. The second-order valence-electron chi connectivity index (χ2n) is 3.53. The number of carbonyl (C=O) groups excluding carboxylic acids is 1. The van der Waals surface area contributed by atoms with E-state index >= 15 is 0 Å². The lowest BCUT2D eigenvalue weighted by molar-refractivity contribution is -0.120. The van der Waals surface area contributed by atoms with Gasteiger partial charge >= 0.3 is 0 Å². The summed E-state index contributed by atoms with van der Waals surface area (Å²) in [4.78, 5) is 11.4. The van der Waals surface area contributed by atoms with Gasteiger partial charge in [0.1, 0.15) is 0 Å². The zero-order chi connectivity index (χ0) is 10.4. The molecular formula is C10H18N2OS. The molecular weight excluding hydrogens is 196 g/mol. The molecule has 1 heterocycles. The maximum Gasteiger partial charge on any atom is 0.233 e. The fourth-order valence-corrected chi connectivity index (χ4v) is 2.17. The Kier molecular flexibility index (Phi) is 5.04. The zero-order valence-electron chi connectivity index (χ0n) is 8.58. The topological polar surface area (TPSA) is 41.1 Å². The van der Waals surface area contributed by atoms with E-state index in [2.05, 4.69) is 17.2 Å². The molecule has 2 N–H and O–H groups in total. The molecule has 1 amide bonds. The smallest absolute Gasteiger partial charge is 0.233 e. The minimum atomic E-state index is 0.0514. The number of thioether (sulfide) groups is 1. The fourth-order valence-electron chi connectivity index (χ4n) is 1.14. The largest absolute Gasteiger partial charge is 0.352 e. The molecule has 0 aromatic carbocycles. The van der Waals surface area contributed by atoms with Crippen LogP contribution in [0.4, 0.5) is 0 Å². The van der Waals surface area contributed by atoms with Gasteiger partial charge in [0.25, 0.3) is 0 Å². The summed E-state index contributed by atoms with van der Waals surface area (Å²) < 4.78 is 0. The van der Waals surface area contributed by atoms with Crippen LogP contribution in [-0.4, -0.2) is 36.5 Å². The lowest BCUT2D eigenvalue weighted by Gasteiger charge is -2.27. The maximum absolute atomic E-state index is 11.4. The third-order valence-electron chi connectivity index (χ3n) is 2.24. The van der Waals surface area contributed by atoms with Crippen molar-refractivity contribution in [3.05, 3.63) is 12.7 Å². The van der Waals surface area contributed by atoms with Crippen molar-refractivity contribution in [2.45, 2.75) is 12.2 Å². The number of nitrogens with one attached hydrogen (secondary N) is 2. The Balaban J connectivity index is 2.09. The molecule has 0 radical (unpaired) electrons. The highest BCUT2D eigenvalue weighted by Crippen LogP contribution is 2.17. The van der Waals surface area contributed by atoms with Gasteiger partial charge < -0.3 is 10.6 Å². The van der Waals surface area contributed by atoms with Gasteiger partial charge in [-0.25, -0.2) is 0 Å². The van der Waals surface area contributed by atoms with Crippen LogP contribution in [0.3, 0.4) is 0 Å². The molecule has 0 spiro atoms. The molecule has 0 aliphatic carbocycles. The molecule has 1 fully saturated rings. The molecule has 1 atom stereocenters. The Morgan fingerprint density at radius 3 is 3.00 bits per heavy atom. The highest BCUT2D eigenvalue weighted by molar-refractivity contribution is 8.00. The summed E-state index contributed by atoms with van der Waals surface area (Å²) in [5.74, 6) is 1.95. The molecule has 1 unspecified atom stereocenters. The first-order valence-electron chi connectivity index (χ1n) is 4.95. The summed E-state index contributed by atoms with van der Waals surface area (Å²) in [6.45, 7) is 8.29. The monoisotopic (exact) mass is 214 g/mol. The first-order chi connectivity index (χ1) is 6.74. The number of hydrogen-bond acceptors (Lipinski definition) is 3. The molecule has 0 aromatic heterocycles. The van der Waals surface area contributed by atoms with Crippen molar-refractivity contribution >= 4 is 17.7 Å². The molecule has 14 heavy (non-hydrogen) atoms. The standard InChI is InChI=1S/C10H18N2OS/c1-3-4-12-10(13)8(2)14-7-9-5-11-6-9/h3,8-9,11H,1,4-7H2,2H3,(H,12,13). The van der Waals surface area contributed by atoms with Gasteiger partial charge in [0.05, 0.1) is 5.25 Å². The van der Waals surface area contributed by atoms with Crippen LogP contribution in [0.25, 0.3) is 0 Å². The molecule has 0 aromatic rings. The van der Waals surface area contributed by atoms with Crippen LogP contribution < -0.4 is 10.6 Å². The molecule has 3 nitrogen and oxygen atoms in total. The number of hydrogen-bond donors (Lipinski definition) is 2. The SMILES string of the molecule is C=CCNC(=O)C(C)SCC1CNC1. The number of carbonyl (C=O) groups is 1. The van der Waals surface area contributed by atoms with Gasteiger partial charge in [0, 0.05) is 6.54 Å². The van der Waals surface area contributed by atoms with Crippen molar-refractivity contribution in [3.63, 3.8) is 0 Å². The molecule has 1 rings (SSSR count). The molecule has 1 aliphatic heterocycles. The lowest BCUT2D eigenvalue weighted by atomic mass is 10.1. The third kappa shape index (κ3) is 3.72. The van der Waals surface area contributed by atoms with Crippen molar-refractivity contribution in [2.24, 2.45) is 5.92 Å². The second kappa shape index (κ2) is 6.09. The third-order valence-corrected chi connectivity index (χ3v) is 3.62. The van der Waals surface area contributed by atoms with Gasteiger partial charge in [-0.05, 0) is 31.7 Å². The quantitative estimate of drug-likeness (QED) is 0.637. The Bertz CT molecular complexity index is 204. The summed E-state index contributed by atoms with van der Waals surface area (Å²) in [7, 11) is 0. The van der Waals surface area contributed by atoms with Crippen LogP contribution >= 0.6 is 11.8 Å². The summed E-state index contributed by atoms with van der Waals surface area (Å²) in [5, 5.41) is 6.07. The van der Waals surface area contributed by atoms with Gasteiger partial charge in [0.15, 0.2) is 0 Å². The Hall–Kier alpha value is -0.480. The Labute approximate surface area is 89.7 Å². The van der Waals surface area contributed by atoms with E-state index in [4.69, 9.17) is 0 Å². The van der Waals surface area contributed by atoms with Crippen LogP contribution in [0.2, 0.25) is 0 Å². The first kappa shape index (κ1) is 11.6. The van der Waals surface area contributed by atoms with E-state index in [0.717, 1.165) is 24.8 Å². The predicted octanol–water partition coefficient (Wildman–Crippen LogP) is 0.630. The maximum atomic E-state index is 11.4. The molecule has 80 valence electrons. The van der Waals surface area contributed by atoms with Gasteiger partial charge in [-0.2, -0.15) is 0 Å². The number of amides is 1. The first-order valence-corrected chi connectivity index (χ1v) is 6.00. The van der Waals surface area contributed by atoms with E-state index in [9.17, 15) is 4.79 Å². The van der Waals surface area contributed by atoms with Crippen molar-refractivity contribution in [1.29, 1.82) is 0 Å². The van der Waals surface area contributed by atoms with E-state index < -0.39 is 0 Å². The van der Waals surface area contributed by atoms with Crippen molar-refractivity contribution in [2.75, 3.05) is 25.4 Å². The second-order valence-corrected chi connectivity index (χ2v) is 4.91. The lowest BCUT2D eigenvalue weighted by Crippen LogP contribution is -2.44. The molecule has 1 saturated heterocycles. The van der Waals surface area contributed by atoms with Gasteiger partial charge in [-0.3, -0.25) is 4.79 Å². The Morgan fingerprint density at radius 2 is 2.50 bits per heavy atom. The summed E-state index contributed by atoms with van der Waals surface area (Å²) in [6.07, 6.45) is 1.70. The Morgan fingerprint density at radius 1 is 1.79 bits per heavy atom. The molecule has 4 heteroatoms. The average Bonchev–Trinajstić information content (AvgIpc) is 2.11. The van der Waals surface area contributed by atoms with Crippen LogP contribution in [0, 0.1) is 5.92 Å². The molecule has 0 bridgehead atoms. The predicted molar refractivity (Wildman–Crippen MR) is 61.5 cm³/mol. The molecule has 1 aliphatic rings. The van der Waals surface area contributed by atoms with Gasteiger partial charge in [-0.1, -0.05) is 6.08 Å². The van der Waals surface area contributed by atoms with Crippen molar-refractivity contribution in [1.82, 2.24) is 10.6 Å². The van der Waals surface area contributed by atoms with Crippen LogP contribution in [0.15, 0.2) is 12.7 Å². The van der Waals surface area contributed by atoms with E-state index in [1.54, 1.807) is 17.8 Å². The average molecular weight is 214 g/mol. The zero-order valence-corrected chi connectivity index (χ0v) is 9.40. The van der Waals surface area contributed by atoms with Gasteiger partial charge in [-0.15, -0.1) is 18.3 Å². The van der Waals surface area contributed by atoms with Crippen LogP contribution in [-0.2, 0) is 4.79 Å². The van der Waals surface area contributed by atoms with E-state index in [1.807, 2.05) is 6.92 Å².